The third-order valence-corrected chi connectivity index (χ3v) is 4.03. The van der Waals surface area contributed by atoms with Gasteiger partial charge in [0, 0.05) is 24.0 Å². The van der Waals surface area contributed by atoms with E-state index in [4.69, 9.17) is 23.2 Å². The molecule has 0 aliphatic rings. The Morgan fingerprint density at radius 3 is 2.44 bits per heavy atom. The number of aromatic nitrogens is 2. The van der Waals surface area contributed by atoms with Crippen molar-refractivity contribution in [2.75, 3.05) is 10.6 Å². The van der Waals surface area contributed by atoms with E-state index in [-0.39, 0.29) is 5.02 Å². The molecule has 3 aromatic rings. The van der Waals surface area contributed by atoms with Gasteiger partial charge in [0.05, 0.1) is 21.9 Å². The second-order valence-electron chi connectivity index (χ2n) is 5.25. The van der Waals surface area contributed by atoms with Crippen molar-refractivity contribution in [1.29, 1.82) is 0 Å². The molecule has 2 amide bonds. The van der Waals surface area contributed by atoms with E-state index in [1.54, 1.807) is 36.1 Å². The molecule has 25 heavy (non-hydrogen) atoms. The van der Waals surface area contributed by atoms with Gasteiger partial charge in [0.1, 0.15) is 5.82 Å². The maximum atomic E-state index is 13.1. The summed E-state index contributed by atoms with van der Waals surface area (Å²) < 4.78 is 14.8. The average Bonchev–Trinajstić information content (AvgIpc) is 2.90. The van der Waals surface area contributed by atoms with E-state index in [0.29, 0.717) is 16.4 Å². The molecule has 0 bridgehead atoms. The summed E-state index contributed by atoms with van der Waals surface area (Å²) in [5.74, 6) is -0.548. The number of hydrogen-bond acceptors (Lipinski definition) is 2. The highest BCUT2D eigenvalue weighted by atomic mass is 35.5. The quantitative estimate of drug-likeness (QED) is 0.659. The molecule has 2 aromatic carbocycles. The zero-order chi connectivity index (χ0) is 18.0. The zero-order valence-corrected chi connectivity index (χ0v) is 14.6. The fourth-order valence-electron chi connectivity index (χ4n) is 2.35. The number of nitrogens with one attached hydrogen (secondary N) is 2. The molecule has 0 aliphatic heterocycles. The van der Waals surface area contributed by atoms with Gasteiger partial charge in [-0.05, 0) is 30.3 Å². The number of halogens is 3. The fourth-order valence-corrected chi connectivity index (χ4v) is 2.80. The van der Waals surface area contributed by atoms with Gasteiger partial charge in [-0.15, -0.1) is 0 Å². The number of aryl methyl sites for hydroxylation is 1. The predicted octanol–water partition coefficient (Wildman–Crippen LogP) is 5.18. The van der Waals surface area contributed by atoms with Crippen LogP contribution in [-0.2, 0) is 7.05 Å². The van der Waals surface area contributed by atoms with Crippen LogP contribution in [0.25, 0.3) is 11.3 Å². The number of nitrogens with zero attached hydrogens (tertiary/aromatic N) is 2. The summed E-state index contributed by atoms with van der Waals surface area (Å²) in [6, 6.07) is 10.6. The van der Waals surface area contributed by atoms with Crippen molar-refractivity contribution < 1.29 is 9.18 Å². The van der Waals surface area contributed by atoms with Gasteiger partial charge < -0.3 is 10.6 Å². The van der Waals surface area contributed by atoms with Gasteiger partial charge in [0.25, 0.3) is 0 Å². The van der Waals surface area contributed by atoms with Crippen LogP contribution in [0.5, 0.6) is 0 Å². The number of benzene rings is 2. The van der Waals surface area contributed by atoms with E-state index in [1.807, 2.05) is 6.07 Å². The van der Waals surface area contributed by atoms with Crippen LogP contribution in [-0.4, -0.2) is 15.8 Å². The molecule has 1 heterocycles. The Hall–Kier alpha value is -2.57. The predicted molar refractivity (Wildman–Crippen MR) is 97.7 cm³/mol. The maximum Gasteiger partial charge on any atom is 0.323 e. The first-order valence-corrected chi connectivity index (χ1v) is 8.00. The molecule has 0 aliphatic carbocycles. The Morgan fingerprint density at radius 2 is 1.80 bits per heavy atom. The molecule has 0 atom stereocenters. The Morgan fingerprint density at radius 1 is 1.08 bits per heavy atom. The number of urea groups is 1. The molecule has 1 aromatic heterocycles. The second kappa shape index (κ2) is 7.13. The third kappa shape index (κ3) is 3.92. The van der Waals surface area contributed by atoms with Gasteiger partial charge in [-0.3, -0.25) is 4.68 Å². The average molecular weight is 379 g/mol. The number of carbonyl (C=O) groups excluding carboxylic acids is 1. The summed E-state index contributed by atoms with van der Waals surface area (Å²) in [6.45, 7) is 0. The lowest BCUT2D eigenvalue weighted by Crippen LogP contribution is -2.19. The molecular weight excluding hydrogens is 366 g/mol. The van der Waals surface area contributed by atoms with Gasteiger partial charge >= 0.3 is 6.03 Å². The van der Waals surface area contributed by atoms with Crippen LogP contribution in [0.15, 0.2) is 48.7 Å². The fraction of sp³-hybridized carbons (Fsp3) is 0.0588. The topological polar surface area (TPSA) is 59.0 Å². The summed E-state index contributed by atoms with van der Waals surface area (Å²) in [5.41, 5.74) is 2.51. The maximum absolute atomic E-state index is 13.1. The number of amides is 2. The number of anilines is 2. The Bertz CT molecular complexity index is 923. The van der Waals surface area contributed by atoms with Crippen LogP contribution in [0, 0.1) is 5.82 Å². The summed E-state index contributed by atoms with van der Waals surface area (Å²) in [7, 11) is 1.78. The molecule has 5 nitrogen and oxygen atoms in total. The molecular formula is C17H13Cl2FN4O. The van der Waals surface area contributed by atoms with Crippen LogP contribution in [0.2, 0.25) is 10.0 Å². The van der Waals surface area contributed by atoms with E-state index in [1.165, 1.54) is 18.2 Å². The number of hydrogen-bond donors (Lipinski definition) is 2. The first kappa shape index (κ1) is 17.3. The van der Waals surface area contributed by atoms with Gasteiger partial charge in [-0.25, -0.2) is 9.18 Å². The van der Waals surface area contributed by atoms with Crippen LogP contribution >= 0.6 is 23.2 Å². The van der Waals surface area contributed by atoms with Gasteiger partial charge in [0.15, 0.2) is 0 Å². The zero-order valence-electron chi connectivity index (χ0n) is 13.1. The van der Waals surface area contributed by atoms with Crippen molar-refractivity contribution in [3.63, 3.8) is 0 Å². The van der Waals surface area contributed by atoms with E-state index < -0.39 is 11.8 Å². The van der Waals surface area contributed by atoms with Crippen LogP contribution in [0.4, 0.5) is 20.6 Å². The molecule has 128 valence electrons. The van der Waals surface area contributed by atoms with E-state index in [9.17, 15) is 9.18 Å². The largest absolute Gasteiger partial charge is 0.323 e. The highest BCUT2D eigenvalue weighted by Gasteiger charge is 2.11. The monoisotopic (exact) mass is 378 g/mol. The second-order valence-corrected chi connectivity index (χ2v) is 6.07. The van der Waals surface area contributed by atoms with Crippen molar-refractivity contribution in [3.8, 4) is 11.3 Å². The minimum absolute atomic E-state index is 0.0642. The molecule has 0 fully saturated rings. The molecule has 0 radical (unpaired) electrons. The molecule has 8 heteroatoms. The molecule has 2 N–H and O–H groups in total. The van der Waals surface area contributed by atoms with E-state index >= 15 is 0 Å². The number of carbonyl (C=O) groups is 1. The summed E-state index contributed by atoms with van der Waals surface area (Å²) in [4.78, 5) is 12.1. The smallest absolute Gasteiger partial charge is 0.308 e. The van der Waals surface area contributed by atoms with E-state index in [0.717, 1.165) is 11.3 Å². The van der Waals surface area contributed by atoms with Crippen molar-refractivity contribution in [2.45, 2.75) is 0 Å². The normalized spacial score (nSPS) is 10.6. The Balaban J connectivity index is 1.76. The van der Waals surface area contributed by atoms with Crippen molar-refractivity contribution in [2.24, 2.45) is 7.05 Å². The summed E-state index contributed by atoms with van der Waals surface area (Å²) >= 11 is 11.8. The highest BCUT2D eigenvalue weighted by molar-refractivity contribution is 6.33. The molecule has 0 unspecified atom stereocenters. The highest BCUT2D eigenvalue weighted by Crippen LogP contribution is 2.28. The first-order chi connectivity index (χ1) is 11.9. The Kier molecular flexibility index (Phi) is 4.92. The SMILES string of the molecule is Cn1ncc(Cl)c1-c1cccc(NC(=O)Nc2ccc(F)c(Cl)c2)c1. The van der Waals surface area contributed by atoms with Crippen molar-refractivity contribution in [1.82, 2.24) is 9.78 Å². The minimum Gasteiger partial charge on any atom is -0.308 e. The standard InChI is InChI=1S/C17H13Cl2FN4O/c1-24-16(14(19)9-21-24)10-3-2-4-11(7-10)22-17(25)23-12-5-6-15(20)13(18)8-12/h2-9H,1H3,(H2,22,23,25). The van der Waals surface area contributed by atoms with Crippen LogP contribution in [0.1, 0.15) is 0 Å². The van der Waals surface area contributed by atoms with Gasteiger partial charge in [-0.1, -0.05) is 35.3 Å². The number of rotatable bonds is 3. The minimum atomic E-state index is -0.548. The third-order valence-electron chi connectivity index (χ3n) is 3.47. The molecule has 0 spiro atoms. The van der Waals surface area contributed by atoms with Crippen LogP contribution in [0.3, 0.4) is 0 Å². The Labute approximate surface area is 153 Å². The van der Waals surface area contributed by atoms with Gasteiger partial charge in [0.2, 0.25) is 0 Å². The lowest BCUT2D eigenvalue weighted by Gasteiger charge is -2.10. The van der Waals surface area contributed by atoms with Crippen molar-refractivity contribution in [3.05, 3.63) is 64.5 Å². The van der Waals surface area contributed by atoms with Crippen LogP contribution < -0.4 is 10.6 Å². The first-order valence-electron chi connectivity index (χ1n) is 7.25. The molecule has 3 rings (SSSR count). The molecule has 0 saturated heterocycles. The van der Waals surface area contributed by atoms with Gasteiger partial charge in [-0.2, -0.15) is 5.10 Å². The lowest BCUT2D eigenvalue weighted by molar-refractivity contribution is 0.262. The summed E-state index contributed by atoms with van der Waals surface area (Å²) in [5, 5.41) is 9.85. The lowest BCUT2D eigenvalue weighted by atomic mass is 10.1. The van der Waals surface area contributed by atoms with Crippen molar-refractivity contribution >= 4 is 40.6 Å². The summed E-state index contributed by atoms with van der Waals surface area (Å²) in [6.07, 6.45) is 1.56. The molecule has 0 saturated carbocycles. The van der Waals surface area contributed by atoms with E-state index in [2.05, 4.69) is 15.7 Å².